The Balaban J connectivity index is 1.71. The lowest BCUT2D eigenvalue weighted by atomic mass is 10.0. The van der Waals surface area contributed by atoms with Crippen LogP contribution in [0.2, 0.25) is 0 Å². The van der Waals surface area contributed by atoms with Crippen LogP contribution in [0.15, 0.2) is 109 Å². The zero-order valence-corrected chi connectivity index (χ0v) is 19.7. The van der Waals surface area contributed by atoms with Gasteiger partial charge in [-0.1, -0.05) is 54.1 Å². The third-order valence-corrected chi connectivity index (χ3v) is 5.99. The largest absolute Gasteiger partial charge is 0.310 e. The first-order chi connectivity index (χ1) is 16.6. The summed E-state index contributed by atoms with van der Waals surface area (Å²) < 4.78 is 0. The van der Waals surface area contributed by atoms with Gasteiger partial charge in [-0.05, 0) is 80.4 Å². The molecule has 3 nitrogen and oxygen atoms in total. The van der Waals surface area contributed by atoms with Crippen LogP contribution in [0.3, 0.4) is 0 Å². The zero-order chi connectivity index (χ0) is 23.5. The first-order valence-electron chi connectivity index (χ1n) is 11.5. The Bertz CT molecular complexity index is 1320. The highest BCUT2D eigenvalue weighted by atomic mass is 15.1. The number of pyridine rings is 2. The molecule has 0 unspecified atom stereocenters. The number of rotatable bonds is 5. The first-order valence-corrected chi connectivity index (χ1v) is 11.5. The second kappa shape index (κ2) is 9.32. The summed E-state index contributed by atoms with van der Waals surface area (Å²) in [6.07, 6.45) is 3.68. The van der Waals surface area contributed by atoms with Crippen molar-refractivity contribution in [2.45, 2.75) is 20.8 Å². The fraction of sp³-hybridized carbons (Fsp3) is 0.0968. The molecular formula is C31H27N3. The number of aromatic nitrogens is 2. The van der Waals surface area contributed by atoms with Crippen LogP contribution in [0.4, 0.5) is 17.1 Å². The monoisotopic (exact) mass is 441 g/mol. The fourth-order valence-corrected chi connectivity index (χ4v) is 4.61. The van der Waals surface area contributed by atoms with Crippen molar-refractivity contribution in [1.82, 2.24) is 9.97 Å². The zero-order valence-electron chi connectivity index (χ0n) is 19.7. The summed E-state index contributed by atoms with van der Waals surface area (Å²) in [5.41, 5.74) is 11.2. The average Bonchev–Trinajstić information content (AvgIpc) is 2.87. The molecule has 0 amide bonds. The SMILES string of the molecule is Cc1cc(C)c(N(c2cccc(-c3ccccn3)c2)c2cccc(-c3ccccn3)c2)c(C)c1. The van der Waals surface area contributed by atoms with Crippen LogP contribution in [0, 0.1) is 20.8 Å². The summed E-state index contributed by atoms with van der Waals surface area (Å²) in [6, 6.07) is 33.7. The third kappa shape index (κ3) is 4.33. The second-order valence-electron chi connectivity index (χ2n) is 8.61. The Morgan fingerprint density at radius 1 is 0.529 bits per heavy atom. The van der Waals surface area contributed by atoms with Gasteiger partial charge >= 0.3 is 0 Å². The molecule has 0 saturated heterocycles. The van der Waals surface area contributed by atoms with Crippen LogP contribution in [0.25, 0.3) is 22.5 Å². The molecule has 0 aliphatic rings. The molecule has 5 aromatic rings. The summed E-state index contributed by atoms with van der Waals surface area (Å²) in [5, 5.41) is 0. The molecule has 0 saturated carbocycles. The summed E-state index contributed by atoms with van der Waals surface area (Å²) in [4.78, 5) is 11.5. The van der Waals surface area contributed by atoms with Gasteiger partial charge in [0.05, 0.1) is 17.1 Å². The lowest BCUT2D eigenvalue weighted by Gasteiger charge is -2.29. The van der Waals surface area contributed by atoms with Gasteiger partial charge in [0, 0.05) is 34.9 Å². The van der Waals surface area contributed by atoms with Gasteiger partial charge < -0.3 is 4.90 Å². The Morgan fingerprint density at radius 3 is 1.47 bits per heavy atom. The van der Waals surface area contributed by atoms with Gasteiger partial charge in [0.25, 0.3) is 0 Å². The minimum absolute atomic E-state index is 0.962. The van der Waals surface area contributed by atoms with Crippen LogP contribution in [0.5, 0.6) is 0 Å². The van der Waals surface area contributed by atoms with Crippen molar-refractivity contribution in [3.63, 3.8) is 0 Å². The Hall–Kier alpha value is -4.24. The van der Waals surface area contributed by atoms with Crippen molar-refractivity contribution in [3.8, 4) is 22.5 Å². The number of hydrogen-bond acceptors (Lipinski definition) is 3. The molecule has 0 bridgehead atoms. The number of nitrogens with zero attached hydrogens (tertiary/aromatic N) is 3. The molecule has 3 aromatic carbocycles. The van der Waals surface area contributed by atoms with Crippen molar-refractivity contribution in [3.05, 3.63) is 126 Å². The van der Waals surface area contributed by atoms with E-state index in [0.29, 0.717) is 0 Å². The minimum atomic E-state index is 0.962. The lowest BCUT2D eigenvalue weighted by Crippen LogP contribution is -2.13. The van der Waals surface area contributed by atoms with E-state index in [0.717, 1.165) is 33.9 Å². The molecular weight excluding hydrogens is 414 g/mol. The molecule has 0 atom stereocenters. The predicted octanol–water partition coefficient (Wildman–Crippen LogP) is 8.21. The van der Waals surface area contributed by atoms with Crippen molar-refractivity contribution in [1.29, 1.82) is 0 Å². The molecule has 5 rings (SSSR count). The minimum Gasteiger partial charge on any atom is -0.310 e. The van der Waals surface area contributed by atoms with Gasteiger partial charge in [0.2, 0.25) is 0 Å². The van der Waals surface area contributed by atoms with Crippen LogP contribution < -0.4 is 4.90 Å². The predicted molar refractivity (Wildman–Crippen MR) is 142 cm³/mol. The van der Waals surface area contributed by atoms with E-state index in [-0.39, 0.29) is 0 Å². The molecule has 0 aliphatic carbocycles. The summed E-state index contributed by atoms with van der Waals surface area (Å²) in [7, 11) is 0. The fourth-order valence-electron chi connectivity index (χ4n) is 4.61. The lowest BCUT2D eigenvalue weighted by molar-refractivity contribution is 1.20. The highest BCUT2D eigenvalue weighted by Crippen LogP contribution is 2.41. The Kier molecular flexibility index (Phi) is 5.92. The maximum atomic E-state index is 4.57. The van der Waals surface area contributed by atoms with Gasteiger partial charge in [-0.25, -0.2) is 0 Å². The van der Waals surface area contributed by atoms with Crippen molar-refractivity contribution in [2.24, 2.45) is 0 Å². The molecule has 2 aromatic heterocycles. The summed E-state index contributed by atoms with van der Waals surface area (Å²) in [6.45, 7) is 6.53. The van der Waals surface area contributed by atoms with E-state index in [1.165, 1.54) is 22.4 Å². The number of benzene rings is 3. The summed E-state index contributed by atoms with van der Waals surface area (Å²) in [5.74, 6) is 0. The topological polar surface area (TPSA) is 29.0 Å². The van der Waals surface area contributed by atoms with Gasteiger partial charge in [0.1, 0.15) is 0 Å². The molecule has 3 heteroatoms. The first kappa shape index (κ1) is 21.6. The van der Waals surface area contributed by atoms with E-state index < -0.39 is 0 Å². The van der Waals surface area contributed by atoms with Crippen LogP contribution in [-0.4, -0.2) is 9.97 Å². The van der Waals surface area contributed by atoms with E-state index >= 15 is 0 Å². The smallest absolute Gasteiger partial charge is 0.0702 e. The molecule has 0 fully saturated rings. The van der Waals surface area contributed by atoms with Gasteiger partial charge in [-0.3, -0.25) is 9.97 Å². The maximum absolute atomic E-state index is 4.57. The summed E-state index contributed by atoms with van der Waals surface area (Å²) >= 11 is 0. The average molecular weight is 442 g/mol. The van der Waals surface area contributed by atoms with Gasteiger partial charge in [-0.2, -0.15) is 0 Å². The quantitative estimate of drug-likeness (QED) is 0.275. The molecule has 0 aliphatic heterocycles. The molecule has 34 heavy (non-hydrogen) atoms. The van der Waals surface area contributed by atoms with E-state index in [4.69, 9.17) is 0 Å². The van der Waals surface area contributed by atoms with E-state index in [1.807, 2.05) is 48.8 Å². The van der Waals surface area contributed by atoms with Gasteiger partial charge in [0.15, 0.2) is 0 Å². The molecule has 2 heterocycles. The highest BCUT2D eigenvalue weighted by Gasteiger charge is 2.18. The van der Waals surface area contributed by atoms with E-state index in [2.05, 4.69) is 96.3 Å². The number of hydrogen-bond donors (Lipinski definition) is 0. The van der Waals surface area contributed by atoms with Crippen LogP contribution in [0.1, 0.15) is 16.7 Å². The maximum Gasteiger partial charge on any atom is 0.0702 e. The van der Waals surface area contributed by atoms with Crippen molar-refractivity contribution in [2.75, 3.05) is 4.90 Å². The van der Waals surface area contributed by atoms with Crippen molar-refractivity contribution < 1.29 is 0 Å². The van der Waals surface area contributed by atoms with Crippen LogP contribution >= 0.6 is 0 Å². The molecule has 166 valence electrons. The normalized spacial score (nSPS) is 10.8. The molecule has 0 N–H and O–H groups in total. The number of anilines is 3. The van der Waals surface area contributed by atoms with Gasteiger partial charge in [-0.15, -0.1) is 0 Å². The second-order valence-corrected chi connectivity index (χ2v) is 8.61. The molecule has 0 radical (unpaired) electrons. The van der Waals surface area contributed by atoms with E-state index in [1.54, 1.807) is 0 Å². The highest BCUT2D eigenvalue weighted by molar-refractivity contribution is 5.84. The van der Waals surface area contributed by atoms with E-state index in [9.17, 15) is 0 Å². The molecule has 0 spiro atoms. The number of aryl methyl sites for hydroxylation is 3. The third-order valence-electron chi connectivity index (χ3n) is 5.99. The standard InChI is InChI=1S/C31H27N3/c1-22-18-23(2)31(24(3)19-22)34(27-12-8-10-25(20-27)29-14-4-6-16-32-29)28-13-9-11-26(21-28)30-15-5-7-17-33-30/h4-21H,1-3H3. The van der Waals surface area contributed by atoms with Crippen molar-refractivity contribution >= 4 is 17.1 Å². The van der Waals surface area contributed by atoms with Crippen LogP contribution in [-0.2, 0) is 0 Å². The Labute approximate surface area is 201 Å². The Morgan fingerprint density at radius 2 is 1.03 bits per heavy atom.